The molecule has 2 fully saturated rings. The van der Waals surface area contributed by atoms with Gasteiger partial charge < -0.3 is 29.5 Å². The molecule has 2 heterocycles. The van der Waals surface area contributed by atoms with Crippen molar-refractivity contribution >= 4 is 0 Å². The number of β-amino-alcohol motifs (C(OH)–C–C–N with tert-alkyl or cyclic N) is 1. The fraction of sp³-hybridized carbons (Fsp3) is 0.739. The Balaban J connectivity index is 1.44. The first kappa shape index (κ1) is 22.3. The number of nitrogens with one attached hydrogen (secondary N) is 1. The summed E-state index contributed by atoms with van der Waals surface area (Å²) in [5, 5.41) is 13.9. The third kappa shape index (κ3) is 7.14. The number of nitrogens with zero attached hydrogens (tertiary/aromatic N) is 1. The molecule has 1 unspecified atom stereocenters. The summed E-state index contributed by atoms with van der Waals surface area (Å²) >= 11 is 0. The highest BCUT2D eigenvalue weighted by atomic mass is 16.5. The Morgan fingerprint density at radius 2 is 1.86 bits per heavy atom. The molecule has 0 amide bonds. The first-order valence-electron chi connectivity index (χ1n) is 11.1. The Bertz CT molecular complexity index is 613. The van der Waals surface area contributed by atoms with Crippen LogP contribution in [0.15, 0.2) is 18.2 Å². The fourth-order valence-electron chi connectivity index (χ4n) is 4.03. The van der Waals surface area contributed by atoms with Crippen molar-refractivity contribution in [1.29, 1.82) is 0 Å². The molecule has 6 nitrogen and oxygen atoms in total. The molecular formula is C23H38N2O4. The van der Waals surface area contributed by atoms with Gasteiger partial charge in [0.1, 0.15) is 12.7 Å². The number of hydrogen-bond acceptors (Lipinski definition) is 6. The van der Waals surface area contributed by atoms with Crippen molar-refractivity contribution < 1.29 is 19.3 Å². The summed E-state index contributed by atoms with van der Waals surface area (Å²) in [6, 6.07) is 5.99. The van der Waals surface area contributed by atoms with Crippen molar-refractivity contribution in [2.24, 2.45) is 5.41 Å². The van der Waals surface area contributed by atoms with Gasteiger partial charge in [0, 0.05) is 25.0 Å². The summed E-state index contributed by atoms with van der Waals surface area (Å²) in [4.78, 5) is 2.37. The van der Waals surface area contributed by atoms with Crippen LogP contribution in [0.1, 0.15) is 44.6 Å². The summed E-state index contributed by atoms with van der Waals surface area (Å²) < 4.78 is 16.7. The first-order valence-corrected chi connectivity index (χ1v) is 11.1. The maximum atomic E-state index is 10.4. The maximum absolute atomic E-state index is 10.4. The molecule has 6 heteroatoms. The SMILES string of the molecule is COc1cc(CNCC2(C)COC2)ccc1OCC(O)CN1CCCCCCC1. The zero-order valence-electron chi connectivity index (χ0n) is 18.1. The molecule has 2 N–H and O–H groups in total. The van der Waals surface area contributed by atoms with Crippen LogP contribution in [-0.2, 0) is 11.3 Å². The topological polar surface area (TPSA) is 63.2 Å². The monoisotopic (exact) mass is 406 g/mol. The molecule has 3 rings (SSSR count). The Morgan fingerprint density at radius 3 is 2.52 bits per heavy atom. The third-order valence-electron chi connectivity index (χ3n) is 5.86. The van der Waals surface area contributed by atoms with Crippen molar-refractivity contribution in [2.45, 2.75) is 51.7 Å². The summed E-state index contributed by atoms with van der Waals surface area (Å²) in [6.45, 7) is 8.72. The zero-order valence-corrected chi connectivity index (χ0v) is 18.1. The highest BCUT2D eigenvalue weighted by Crippen LogP contribution is 2.29. The lowest BCUT2D eigenvalue weighted by Crippen LogP contribution is -2.47. The second kappa shape index (κ2) is 11.2. The van der Waals surface area contributed by atoms with Crippen LogP contribution in [0.25, 0.3) is 0 Å². The van der Waals surface area contributed by atoms with Gasteiger partial charge in [-0.05, 0) is 43.6 Å². The van der Waals surface area contributed by atoms with Gasteiger partial charge in [-0.25, -0.2) is 0 Å². The highest BCUT2D eigenvalue weighted by molar-refractivity contribution is 5.43. The molecule has 0 saturated carbocycles. The van der Waals surface area contributed by atoms with Crippen molar-refractivity contribution in [1.82, 2.24) is 10.2 Å². The molecule has 2 aliphatic heterocycles. The van der Waals surface area contributed by atoms with Gasteiger partial charge in [0.15, 0.2) is 11.5 Å². The fourth-order valence-corrected chi connectivity index (χ4v) is 4.03. The lowest BCUT2D eigenvalue weighted by Gasteiger charge is -2.38. The van der Waals surface area contributed by atoms with Crippen molar-refractivity contribution in [2.75, 3.05) is 53.1 Å². The van der Waals surface area contributed by atoms with Crippen LogP contribution in [0.3, 0.4) is 0 Å². The number of aliphatic hydroxyl groups excluding tert-OH is 1. The predicted octanol–water partition coefficient (Wildman–Crippen LogP) is 2.83. The Labute approximate surface area is 175 Å². The molecule has 1 aromatic rings. The quantitative estimate of drug-likeness (QED) is 0.623. The van der Waals surface area contributed by atoms with Gasteiger partial charge in [0.05, 0.1) is 20.3 Å². The van der Waals surface area contributed by atoms with E-state index in [-0.39, 0.29) is 12.0 Å². The Kier molecular flexibility index (Phi) is 8.60. The average molecular weight is 407 g/mol. The summed E-state index contributed by atoms with van der Waals surface area (Å²) in [5.41, 5.74) is 1.41. The van der Waals surface area contributed by atoms with E-state index >= 15 is 0 Å². The van der Waals surface area contributed by atoms with E-state index in [0.29, 0.717) is 18.0 Å². The zero-order chi connectivity index (χ0) is 20.5. The molecular weight excluding hydrogens is 368 g/mol. The number of ether oxygens (including phenoxy) is 3. The van der Waals surface area contributed by atoms with Crippen molar-refractivity contribution in [3.63, 3.8) is 0 Å². The summed E-state index contributed by atoms with van der Waals surface area (Å²) in [5.74, 6) is 1.39. The molecule has 0 bridgehead atoms. The van der Waals surface area contributed by atoms with E-state index in [9.17, 15) is 5.11 Å². The van der Waals surface area contributed by atoms with Gasteiger partial charge in [0.25, 0.3) is 0 Å². The molecule has 164 valence electrons. The van der Waals surface area contributed by atoms with Crippen LogP contribution in [0.5, 0.6) is 11.5 Å². The van der Waals surface area contributed by atoms with E-state index < -0.39 is 6.10 Å². The van der Waals surface area contributed by atoms with Gasteiger partial charge in [-0.1, -0.05) is 32.3 Å². The smallest absolute Gasteiger partial charge is 0.161 e. The van der Waals surface area contributed by atoms with E-state index in [1.54, 1.807) is 7.11 Å². The summed E-state index contributed by atoms with van der Waals surface area (Å²) in [7, 11) is 1.66. The van der Waals surface area contributed by atoms with Crippen LogP contribution in [0, 0.1) is 5.41 Å². The Morgan fingerprint density at radius 1 is 1.14 bits per heavy atom. The second-order valence-electron chi connectivity index (χ2n) is 8.93. The number of likely N-dealkylation sites (tertiary alicyclic amines) is 1. The van der Waals surface area contributed by atoms with Gasteiger partial charge >= 0.3 is 0 Å². The van der Waals surface area contributed by atoms with Crippen molar-refractivity contribution in [3.05, 3.63) is 23.8 Å². The maximum Gasteiger partial charge on any atom is 0.161 e. The third-order valence-corrected chi connectivity index (χ3v) is 5.86. The standard InChI is InChI=1S/C23H38N2O4/c1-23(17-28-18-23)16-24-13-19-8-9-21(22(12-19)27-2)29-15-20(26)14-25-10-6-4-3-5-7-11-25/h8-9,12,20,24,26H,3-7,10-11,13-18H2,1-2H3. The van der Waals surface area contributed by atoms with Gasteiger partial charge in [-0.2, -0.15) is 0 Å². The first-order chi connectivity index (χ1) is 14.1. The summed E-state index contributed by atoms with van der Waals surface area (Å²) in [6.07, 6.45) is 5.90. The molecule has 0 spiro atoms. The molecule has 0 radical (unpaired) electrons. The average Bonchev–Trinajstić information content (AvgIpc) is 2.67. The molecule has 0 aliphatic carbocycles. The molecule has 2 aliphatic rings. The number of hydrogen-bond donors (Lipinski definition) is 2. The van der Waals surface area contributed by atoms with E-state index in [1.807, 2.05) is 12.1 Å². The van der Waals surface area contributed by atoms with Crippen LogP contribution in [-0.4, -0.2) is 69.2 Å². The minimum atomic E-state index is -0.495. The molecule has 1 atom stereocenters. The molecule has 2 saturated heterocycles. The van der Waals surface area contributed by atoms with Crippen LogP contribution in [0.2, 0.25) is 0 Å². The molecule has 29 heavy (non-hydrogen) atoms. The lowest BCUT2D eigenvalue weighted by atomic mass is 9.89. The van der Waals surface area contributed by atoms with E-state index in [4.69, 9.17) is 14.2 Å². The highest BCUT2D eigenvalue weighted by Gasteiger charge is 2.32. The second-order valence-corrected chi connectivity index (χ2v) is 8.93. The van der Waals surface area contributed by atoms with E-state index in [0.717, 1.165) is 45.0 Å². The number of benzene rings is 1. The molecule has 0 aromatic heterocycles. The minimum Gasteiger partial charge on any atom is -0.493 e. The largest absolute Gasteiger partial charge is 0.493 e. The van der Waals surface area contributed by atoms with Crippen molar-refractivity contribution in [3.8, 4) is 11.5 Å². The normalized spacial score (nSPS) is 20.9. The lowest BCUT2D eigenvalue weighted by molar-refractivity contribution is -0.0991. The minimum absolute atomic E-state index is 0.260. The van der Waals surface area contributed by atoms with Gasteiger partial charge in [-0.3, -0.25) is 0 Å². The number of aliphatic hydroxyl groups is 1. The van der Waals surface area contributed by atoms with E-state index in [2.05, 4.69) is 23.2 Å². The van der Waals surface area contributed by atoms with E-state index in [1.165, 1.54) is 32.1 Å². The van der Waals surface area contributed by atoms with Crippen LogP contribution >= 0.6 is 0 Å². The molecule has 1 aromatic carbocycles. The van der Waals surface area contributed by atoms with Gasteiger partial charge in [0.2, 0.25) is 0 Å². The Hall–Kier alpha value is -1.34. The number of rotatable bonds is 10. The number of methoxy groups -OCH3 is 1. The predicted molar refractivity (Wildman–Crippen MR) is 115 cm³/mol. The van der Waals surface area contributed by atoms with Crippen LogP contribution in [0.4, 0.5) is 0 Å². The van der Waals surface area contributed by atoms with Gasteiger partial charge in [-0.15, -0.1) is 0 Å². The van der Waals surface area contributed by atoms with Crippen LogP contribution < -0.4 is 14.8 Å².